The third kappa shape index (κ3) is 5.07. The summed E-state index contributed by atoms with van der Waals surface area (Å²) in [6.45, 7) is 4.55. The van der Waals surface area contributed by atoms with Gasteiger partial charge in [0.15, 0.2) is 0 Å². The second-order valence-electron chi connectivity index (χ2n) is 7.77. The highest BCUT2D eigenvalue weighted by Crippen LogP contribution is 2.32. The number of fused-ring (bicyclic) bond motifs is 1. The maximum atomic E-state index is 13.9. The molecule has 0 radical (unpaired) electrons. The number of aryl methyl sites for hydroxylation is 1. The lowest BCUT2D eigenvalue weighted by molar-refractivity contribution is -0.142. The zero-order valence-electron chi connectivity index (χ0n) is 18.7. The van der Waals surface area contributed by atoms with Gasteiger partial charge in [-0.1, -0.05) is 30.3 Å². The number of ether oxygens (including phenoxy) is 2. The van der Waals surface area contributed by atoms with E-state index in [2.05, 4.69) is 12.1 Å². The fraction of sp³-hybridized carbons (Fsp3) is 0.222. The number of hydrogen-bond acceptors (Lipinski definition) is 5. The molecule has 5 nitrogen and oxygen atoms in total. The molecule has 0 spiro atoms. The molecule has 2 N–H and O–H groups in total. The summed E-state index contributed by atoms with van der Waals surface area (Å²) in [6.07, 6.45) is 0.0101. The highest BCUT2D eigenvalue weighted by molar-refractivity contribution is 5.87. The Labute approximate surface area is 191 Å². The molecule has 33 heavy (non-hydrogen) atoms. The summed E-state index contributed by atoms with van der Waals surface area (Å²) in [6, 6.07) is 18.2. The van der Waals surface area contributed by atoms with Crippen molar-refractivity contribution in [2.24, 2.45) is 5.73 Å². The van der Waals surface area contributed by atoms with Crippen molar-refractivity contribution in [3.63, 3.8) is 0 Å². The van der Waals surface area contributed by atoms with Gasteiger partial charge < -0.3 is 19.6 Å². The second kappa shape index (κ2) is 9.88. The van der Waals surface area contributed by atoms with E-state index in [0.29, 0.717) is 17.9 Å². The lowest BCUT2D eigenvalue weighted by Gasteiger charge is -2.12. The summed E-state index contributed by atoms with van der Waals surface area (Å²) < 4.78 is 30.8. The standard InChI is InChI=1S/C27H26FNO4/c1-3-31-27(30)13-21-7-9-22(28)14-26(21)32-16-24-17(2)33-25-10-8-20(12-23(24)25)19-6-4-5-18(11-19)15-29/h4-12,14H,3,13,15-16,29H2,1-2H3. The average molecular weight is 448 g/mol. The lowest BCUT2D eigenvalue weighted by Crippen LogP contribution is -2.09. The van der Waals surface area contributed by atoms with E-state index in [4.69, 9.17) is 19.6 Å². The van der Waals surface area contributed by atoms with Crippen LogP contribution in [0.4, 0.5) is 4.39 Å². The van der Waals surface area contributed by atoms with Crippen LogP contribution in [0.25, 0.3) is 22.1 Å². The molecule has 0 aliphatic carbocycles. The molecule has 0 aliphatic heterocycles. The van der Waals surface area contributed by atoms with E-state index in [-0.39, 0.29) is 25.6 Å². The number of furan rings is 1. The zero-order chi connectivity index (χ0) is 23.4. The first-order chi connectivity index (χ1) is 16.0. The van der Waals surface area contributed by atoms with Crippen molar-refractivity contribution >= 4 is 16.9 Å². The van der Waals surface area contributed by atoms with Crippen LogP contribution in [0.15, 0.2) is 65.1 Å². The fourth-order valence-electron chi connectivity index (χ4n) is 3.83. The van der Waals surface area contributed by atoms with Gasteiger partial charge in [0, 0.05) is 29.1 Å². The molecule has 4 rings (SSSR count). The SMILES string of the molecule is CCOC(=O)Cc1ccc(F)cc1OCc1c(C)oc2ccc(-c3cccc(CN)c3)cc12. The van der Waals surface area contributed by atoms with E-state index in [1.165, 1.54) is 12.1 Å². The van der Waals surface area contributed by atoms with E-state index < -0.39 is 5.82 Å². The van der Waals surface area contributed by atoms with Crippen LogP contribution in [0.1, 0.15) is 29.4 Å². The number of rotatable bonds is 8. The van der Waals surface area contributed by atoms with Crippen LogP contribution in [0.2, 0.25) is 0 Å². The molecular weight excluding hydrogens is 421 g/mol. The molecule has 0 saturated carbocycles. The maximum Gasteiger partial charge on any atom is 0.310 e. The minimum Gasteiger partial charge on any atom is -0.488 e. The Balaban J connectivity index is 1.64. The zero-order valence-corrected chi connectivity index (χ0v) is 18.7. The molecule has 0 aliphatic rings. The number of nitrogens with two attached hydrogens (primary N) is 1. The molecule has 0 fully saturated rings. The van der Waals surface area contributed by atoms with Gasteiger partial charge in [0.25, 0.3) is 0 Å². The minimum atomic E-state index is -0.437. The van der Waals surface area contributed by atoms with Crippen LogP contribution >= 0.6 is 0 Å². The number of carbonyl (C=O) groups is 1. The van der Waals surface area contributed by atoms with Crippen molar-refractivity contribution < 1.29 is 23.1 Å². The van der Waals surface area contributed by atoms with E-state index in [9.17, 15) is 9.18 Å². The first-order valence-corrected chi connectivity index (χ1v) is 10.9. The lowest BCUT2D eigenvalue weighted by atomic mass is 10.0. The summed E-state index contributed by atoms with van der Waals surface area (Å²) >= 11 is 0. The first kappa shape index (κ1) is 22.6. The Morgan fingerprint density at radius 1 is 1.06 bits per heavy atom. The Morgan fingerprint density at radius 3 is 2.67 bits per heavy atom. The van der Waals surface area contributed by atoms with Crippen LogP contribution in [0, 0.1) is 12.7 Å². The van der Waals surface area contributed by atoms with E-state index in [0.717, 1.165) is 39.0 Å². The molecular formula is C27H26FNO4. The summed E-state index contributed by atoms with van der Waals surface area (Å²) in [5.74, 6) is 0.210. The number of halogens is 1. The molecule has 0 amide bonds. The molecule has 6 heteroatoms. The molecule has 0 unspecified atom stereocenters. The third-order valence-electron chi connectivity index (χ3n) is 5.53. The normalized spacial score (nSPS) is 11.0. The highest BCUT2D eigenvalue weighted by Gasteiger charge is 2.16. The number of benzene rings is 3. The van der Waals surface area contributed by atoms with Crippen LogP contribution in [0.3, 0.4) is 0 Å². The molecule has 0 atom stereocenters. The van der Waals surface area contributed by atoms with Gasteiger partial charge in [-0.3, -0.25) is 4.79 Å². The monoisotopic (exact) mass is 447 g/mol. The first-order valence-electron chi connectivity index (χ1n) is 10.9. The summed E-state index contributed by atoms with van der Waals surface area (Å²) in [7, 11) is 0. The van der Waals surface area contributed by atoms with Crippen molar-refractivity contribution in [3.05, 3.63) is 88.9 Å². The molecule has 1 heterocycles. The topological polar surface area (TPSA) is 74.7 Å². The van der Waals surface area contributed by atoms with Crippen molar-refractivity contribution in [1.29, 1.82) is 0 Å². The predicted octanol–water partition coefficient (Wildman–Crippen LogP) is 5.69. The number of esters is 1. The maximum absolute atomic E-state index is 13.9. The van der Waals surface area contributed by atoms with Gasteiger partial charge in [0.05, 0.1) is 13.0 Å². The fourth-order valence-corrected chi connectivity index (χ4v) is 3.83. The molecule has 3 aromatic carbocycles. The summed E-state index contributed by atoms with van der Waals surface area (Å²) in [5, 5.41) is 0.923. The quantitative estimate of drug-likeness (QED) is 0.351. The summed E-state index contributed by atoms with van der Waals surface area (Å²) in [4.78, 5) is 11.9. The molecule has 1 aromatic heterocycles. The minimum absolute atomic E-state index is 0.0101. The van der Waals surface area contributed by atoms with Crippen molar-refractivity contribution in [2.75, 3.05) is 6.61 Å². The Kier molecular flexibility index (Phi) is 6.75. The van der Waals surface area contributed by atoms with Gasteiger partial charge in [-0.15, -0.1) is 0 Å². The van der Waals surface area contributed by atoms with E-state index >= 15 is 0 Å². The number of hydrogen-bond donors (Lipinski definition) is 1. The van der Waals surface area contributed by atoms with Gasteiger partial charge in [-0.25, -0.2) is 4.39 Å². The molecule has 0 saturated heterocycles. The van der Waals surface area contributed by atoms with Crippen molar-refractivity contribution in [2.45, 2.75) is 33.4 Å². The van der Waals surface area contributed by atoms with Crippen LogP contribution < -0.4 is 10.5 Å². The smallest absolute Gasteiger partial charge is 0.310 e. The van der Waals surface area contributed by atoms with Gasteiger partial charge in [0.1, 0.15) is 29.5 Å². The van der Waals surface area contributed by atoms with Crippen LogP contribution in [-0.2, 0) is 29.1 Å². The second-order valence-corrected chi connectivity index (χ2v) is 7.77. The van der Waals surface area contributed by atoms with Crippen molar-refractivity contribution in [3.8, 4) is 16.9 Å². The molecule has 170 valence electrons. The van der Waals surface area contributed by atoms with Gasteiger partial charge >= 0.3 is 5.97 Å². The highest BCUT2D eigenvalue weighted by atomic mass is 19.1. The van der Waals surface area contributed by atoms with Crippen molar-refractivity contribution in [1.82, 2.24) is 0 Å². The largest absolute Gasteiger partial charge is 0.488 e. The van der Waals surface area contributed by atoms with E-state index in [1.807, 2.05) is 37.3 Å². The predicted molar refractivity (Wildman–Crippen MR) is 125 cm³/mol. The molecule has 0 bridgehead atoms. The molecule has 4 aromatic rings. The average Bonchev–Trinajstić information content (AvgIpc) is 3.13. The van der Waals surface area contributed by atoms with Crippen LogP contribution in [-0.4, -0.2) is 12.6 Å². The third-order valence-corrected chi connectivity index (χ3v) is 5.53. The Hall–Kier alpha value is -3.64. The summed E-state index contributed by atoms with van der Waals surface area (Å²) in [5.41, 5.74) is 11.1. The number of carbonyl (C=O) groups excluding carboxylic acids is 1. The van der Waals surface area contributed by atoms with Crippen LogP contribution in [0.5, 0.6) is 5.75 Å². The van der Waals surface area contributed by atoms with Gasteiger partial charge in [-0.05, 0) is 54.8 Å². The van der Waals surface area contributed by atoms with Gasteiger partial charge in [0.2, 0.25) is 0 Å². The Bertz CT molecular complexity index is 1290. The van der Waals surface area contributed by atoms with E-state index in [1.54, 1.807) is 13.0 Å². The Morgan fingerprint density at radius 2 is 1.88 bits per heavy atom. The van der Waals surface area contributed by atoms with Gasteiger partial charge in [-0.2, -0.15) is 0 Å².